The summed E-state index contributed by atoms with van der Waals surface area (Å²) in [6.07, 6.45) is 6.89. The predicted molar refractivity (Wildman–Crippen MR) is 95.6 cm³/mol. The van der Waals surface area contributed by atoms with E-state index in [1.54, 1.807) is 0 Å². The summed E-state index contributed by atoms with van der Waals surface area (Å²) in [5, 5.41) is 0. The summed E-state index contributed by atoms with van der Waals surface area (Å²) in [4.78, 5) is 12.2. The zero-order chi connectivity index (χ0) is 16.4. The van der Waals surface area contributed by atoms with Crippen molar-refractivity contribution in [2.24, 2.45) is 5.92 Å². The van der Waals surface area contributed by atoms with Gasteiger partial charge >= 0.3 is 0 Å². The average Bonchev–Trinajstić information content (AvgIpc) is 2.85. The Labute approximate surface area is 139 Å². The van der Waals surface area contributed by atoms with Crippen LogP contribution < -0.4 is 0 Å². The summed E-state index contributed by atoms with van der Waals surface area (Å²) in [5.41, 5.74) is 2.08. The molecule has 0 saturated carbocycles. The van der Waals surface area contributed by atoms with Gasteiger partial charge in [-0.15, -0.1) is 0 Å². The minimum absolute atomic E-state index is 0.598. The molecule has 3 heterocycles. The highest BCUT2D eigenvalue weighted by Crippen LogP contribution is 2.24. The van der Waals surface area contributed by atoms with Gasteiger partial charge in [0.1, 0.15) is 11.3 Å². The summed E-state index contributed by atoms with van der Waals surface area (Å²) in [7, 11) is 0. The summed E-state index contributed by atoms with van der Waals surface area (Å²) < 4.78 is 2.35. The van der Waals surface area contributed by atoms with Crippen LogP contribution in [0.25, 0.3) is 11.2 Å². The van der Waals surface area contributed by atoms with E-state index in [2.05, 4.69) is 48.2 Å². The van der Waals surface area contributed by atoms with Crippen LogP contribution in [0.15, 0.2) is 18.3 Å². The van der Waals surface area contributed by atoms with Crippen LogP contribution in [0.5, 0.6) is 0 Å². The van der Waals surface area contributed by atoms with Gasteiger partial charge in [-0.2, -0.15) is 0 Å². The van der Waals surface area contributed by atoms with Gasteiger partial charge in [-0.05, 0) is 51.3 Å². The van der Waals surface area contributed by atoms with E-state index in [1.165, 1.54) is 31.6 Å². The highest BCUT2D eigenvalue weighted by atomic mass is 15.2. The van der Waals surface area contributed by atoms with Crippen molar-refractivity contribution in [1.82, 2.24) is 19.4 Å². The maximum Gasteiger partial charge on any atom is 0.159 e. The number of pyridine rings is 1. The Kier molecular flexibility index (Phi) is 5.00. The summed E-state index contributed by atoms with van der Waals surface area (Å²) >= 11 is 0. The van der Waals surface area contributed by atoms with Crippen LogP contribution in [0.3, 0.4) is 0 Å². The van der Waals surface area contributed by atoms with E-state index in [-0.39, 0.29) is 0 Å². The molecule has 0 spiro atoms. The molecule has 4 heteroatoms. The van der Waals surface area contributed by atoms with Crippen molar-refractivity contribution >= 4 is 11.2 Å². The number of imidazole rings is 1. The molecule has 1 unspecified atom stereocenters. The molecule has 126 valence electrons. The number of nitrogens with zero attached hydrogens (tertiary/aromatic N) is 4. The minimum atomic E-state index is 0.598. The van der Waals surface area contributed by atoms with Gasteiger partial charge in [0.05, 0.1) is 0 Å². The Hall–Kier alpha value is -1.42. The first kappa shape index (κ1) is 16.4. The van der Waals surface area contributed by atoms with E-state index in [4.69, 9.17) is 4.98 Å². The fraction of sp³-hybridized carbons (Fsp3) is 0.684. The molecule has 0 N–H and O–H groups in total. The number of fused-ring (bicyclic) bond motifs is 1. The SMILES string of the molecule is CC(C)Cn1c(CC2CCCCN2C(C)C)nc2cccnc21. The second-order valence-electron chi connectivity index (χ2n) is 7.56. The molecule has 0 radical (unpaired) electrons. The van der Waals surface area contributed by atoms with Crippen LogP contribution in [0.2, 0.25) is 0 Å². The van der Waals surface area contributed by atoms with Crippen molar-refractivity contribution in [3.8, 4) is 0 Å². The van der Waals surface area contributed by atoms with Gasteiger partial charge in [0.15, 0.2) is 5.65 Å². The Morgan fingerprint density at radius 2 is 2.04 bits per heavy atom. The van der Waals surface area contributed by atoms with E-state index < -0.39 is 0 Å². The molecular weight excluding hydrogens is 284 g/mol. The van der Waals surface area contributed by atoms with Crippen molar-refractivity contribution in [3.05, 3.63) is 24.2 Å². The molecule has 4 nitrogen and oxygen atoms in total. The molecule has 2 aromatic rings. The number of likely N-dealkylation sites (tertiary alicyclic amines) is 1. The molecule has 0 aliphatic carbocycles. The van der Waals surface area contributed by atoms with Crippen LogP contribution in [0.1, 0.15) is 52.8 Å². The lowest BCUT2D eigenvalue weighted by molar-refractivity contribution is 0.109. The molecular formula is C19H30N4. The molecule has 1 aliphatic rings. The van der Waals surface area contributed by atoms with Crippen LogP contribution in [0, 0.1) is 5.92 Å². The Morgan fingerprint density at radius 3 is 2.78 bits per heavy atom. The Bertz CT molecular complexity index is 644. The molecule has 1 aliphatic heterocycles. The standard InChI is InChI=1S/C19H30N4/c1-14(2)13-23-18(21-17-9-7-10-20-19(17)23)12-16-8-5-6-11-22(16)15(3)4/h7,9-10,14-16H,5-6,8,11-13H2,1-4H3. The summed E-state index contributed by atoms with van der Waals surface area (Å²) in [6.45, 7) is 11.4. The molecule has 0 aromatic carbocycles. The van der Waals surface area contributed by atoms with Crippen molar-refractivity contribution in [2.75, 3.05) is 6.54 Å². The van der Waals surface area contributed by atoms with Crippen LogP contribution in [0.4, 0.5) is 0 Å². The van der Waals surface area contributed by atoms with Crippen LogP contribution in [-0.4, -0.2) is 38.1 Å². The van der Waals surface area contributed by atoms with Gasteiger partial charge in [-0.1, -0.05) is 20.3 Å². The molecule has 1 saturated heterocycles. The topological polar surface area (TPSA) is 34.0 Å². The van der Waals surface area contributed by atoms with E-state index in [1.807, 2.05) is 12.3 Å². The largest absolute Gasteiger partial charge is 0.312 e. The van der Waals surface area contributed by atoms with Gasteiger partial charge < -0.3 is 4.57 Å². The summed E-state index contributed by atoms with van der Waals surface area (Å²) in [5.74, 6) is 1.81. The smallest absolute Gasteiger partial charge is 0.159 e. The highest BCUT2D eigenvalue weighted by molar-refractivity contribution is 5.71. The van der Waals surface area contributed by atoms with E-state index in [0.29, 0.717) is 18.0 Å². The number of hydrogen-bond acceptors (Lipinski definition) is 3. The fourth-order valence-corrected chi connectivity index (χ4v) is 3.85. The minimum Gasteiger partial charge on any atom is -0.312 e. The molecule has 23 heavy (non-hydrogen) atoms. The van der Waals surface area contributed by atoms with Gasteiger partial charge in [0.2, 0.25) is 0 Å². The number of rotatable bonds is 5. The third kappa shape index (κ3) is 3.57. The van der Waals surface area contributed by atoms with Gasteiger partial charge in [-0.25, -0.2) is 9.97 Å². The average molecular weight is 314 g/mol. The second-order valence-corrected chi connectivity index (χ2v) is 7.56. The molecule has 0 amide bonds. The normalized spacial score (nSPS) is 20.0. The quantitative estimate of drug-likeness (QED) is 0.839. The first-order chi connectivity index (χ1) is 11.1. The van der Waals surface area contributed by atoms with Gasteiger partial charge in [0, 0.05) is 31.2 Å². The first-order valence-electron chi connectivity index (χ1n) is 9.12. The van der Waals surface area contributed by atoms with Crippen LogP contribution >= 0.6 is 0 Å². The molecule has 2 aromatic heterocycles. The molecule has 1 fully saturated rings. The fourth-order valence-electron chi connectivity index (χ4n) is 3.85. The third-order valence-electron chi connectivity index (χ3n) is 4.88. The lowest BCUT2D eigenvalue weighted by Gasteiger charge is -2.38. The van der Waals surface area contributed by atoms with Crippen molar-refractivity contribution < 1.29 is 0 Å². The highest BCUT2D eigenvalue weighted by Gasteiger charge is 2.26. The zero-order valence-electron chi connectivity index (χ0n) is 15.0. The maximum absolute atomic E-state index is 4.93. The predicted octanol–water partition coefficient (Wildman–Crippen LogP) is 3.89. The van der Waals surface area contributed by atoms with E-state index in [0.717, 1.165) is 24.1 Å². The number of hydrogen-bond donors (Lipinski definition) is 0. The molecule has 0 bridgehead atoms. The van der Waals surface area contributed by atoms with Crippen LogP contribution in [-0.2, 0) is 13.0 Å². The zero-order valence-corrected chi connectivity index (χ0v) is 15.0. The van der Waals surface area contributed by atoms with E-state index in [9.17, 15) is 0 Å². The number of piperidine rings is 1. The van der Waals surface area contributed by atoms with Crippen molar-refractivity contribution in [3.63, 3.8) is 0 Å². The van der Waals surface area contributed by atoms with Gasteiger partial charge in [0.25, 0.3) is 0 Å². The second kappa shape index (κ2) is 7.00. The van der Waals surface area contributed by atoms with Crippen molar-refractivity contribution in [2.45, 2.75) is 72.0 Å². The third-order valence-corrected chi connectivity index (χ3v) is 4.88. The van der Waals surface area contributed by atoms with Crippen molar-refractivity contribution in [1.29, 1.82) is 0 Å². The lowest BCUT2D eigenvalue weighted by atomic mass is 9.97. The Balaban J connectivity index is 1.92. The number of aromatic nitrogens is 3. The lowest BCUT2D eigenvalue weighted by Crippen LogP contribution is -2.45. The van der Waals surface area contributed by atoms with E-state index >= 15 is 0 Å². The molecule has 3 rings (SSSR count). The Morgan fingerprint density at radius 1 is 1.22 bits per heavy atom. The monoisotopic (exact) mass is 314 g/mol. The van der Waals surface area contributed by atoms with Gasteiger partial charge in [-0.3, -0.25) is 4.90 Å². The summed E-state index contributed by atoms with van der Waals surface area (Å²) in [6, 6.07) is 5.30. The molecule has 1 atom stereocenters. The first-order valence-corrected chi connectivity index (χ1v) is 9.12. The maximum atomic E-state index is 4.93.